The Labute approximate surface area is 188 Å². The fraction of sp³-hybridized carbons (Fsp3) is 0.107. The molecule has 3 aromatic rings. The Morgan fingerprint density at radius 1 is 0.969 bits per heavy atom. The number of carbonyl (C=O) groups is 1. The van der Waals surface area contributed by atoms with Crippen LogP contribution in [0.4, 0.5) is 0 Å². The topological polar surface area (TPSA) is 55.8 Å². The van der Waals surface area contributed by atoms with Crippen molar-refractivity contribution in [1.29, 1.82) is 0 Å². The van der Waals surface area contributed by atoms with Gasteiger partial charge in [-0.2, -0.15) is 0 Å². The maximum absolute atomic E-state index is 13.1. The number of ether oxygens (including phenoxy) is 2. The number of benzene rings is 3. The first kappa shape index (κ1) is 22.6. The quantitative estimate of drug-likeness (QED) is 0.242. The highest BCUT2D eigenvalue weighted by Gasteiger charge is 2.18. The van der Waals surface area contributed by atoms with E-state index in [1.54, 1.807) is 49.6 Å². The van der Waals surface area contributed by atoms with Crippen molar-refractivity contribution in [3.05, 3.63) is 113 Å². The molecule has 0 unspecified atom stereocenters. The summed E-state index contributed by atoms with van der Waals surface area (Å²) in [5, 5.41) is 9.44. The van der Waals surface area contributed by atoms with E-state index in [0.717, 1.165) is 16.7 Å². The van der Waals surface area contributed by atoms with Crippen molar-refractivity contribution < 1.29 is 19.4 Å². The summed E-state index contributed by atoms with van der Waals surface area (Å²) in [7, 11) is 1.58. The van der Waals surface area contributed by atoms with Gasteiger partial charge in [-0.05, 0) is 54.5 Å². The van der Waals surface area contributed by atoms with E-state index in [0.29, 0.717) is 29.2 Å². The maximum atomic E-state index is 13.1. The summed E-state index contributed by atoms with van der Waals surface area (Å²) in [5.74, 6) is 1.03. The lowest BCUT2D eigenvalue weighted by molar-refractivity contribution is 0.104. The Kier molecular flexibility index (Phi) is 7.65. The molecular weight excluding hydrogens is 400 g/mol. The van der Waals surface area contributed by atoms with Gasteiger partial charge < -0.3 is 14.6 Å². The summed E-state index contributed by atoms with van der Waals surface area (Å²) in [6, 6.07) is 19.9. The van der Waals surface area contributed by atoms with Gasteiger partial charge in [0.25, 0.3) is 0 Å². The van der Waals surface area contributed by atoms with Crippen molar-refractivity contribution >= 4 is 17.9 Å². The van der Waals surface area contributed by atoms with Crippen molar-refractivity contribution in [1.82, 2.24) is 0 Å². The lowest BCUT2D eigenvalue weighted by atomic mass is 10.0. The first-order chi connectivity index (χ1) is 15.5. The first-order valence-electron chi connectivity index (χ1n) is 10.2. The Hall–Kier alpha value is -4.05. The number of ketones is 1. The van der Waals surface area contributed by atoms with Gasteiger partial charge >= 0.3 is 0 Å². The molecule has 0 amide bonds. The number of carbonyl (C=O) groups excluding carboxylic acids is 1. The van der Waals surface area contributed by atoms with Gasteiger partial charge in [0.15, 0.2) is 5.78 Å². The van der Waals surface area contributed by atoms with Gasteiger partial charge in [0.1, 0.15) is 23.9 Å². The van der Waals surface area contributed by atoms with Crippen LogP contribution in [0.3, 0.4) is 0 Å². The van der Waals surface area contributed by atoms with Gasteiger partial charge in [0.2, 0.25) is 0 Å². The van der Waals surface area contributed by atoms with Crippen LogP contribution in [0, 0.1) is 0 Å². The number of methoxy groups -OCH3 is 1. The minimum atomic E-state index is -0.200. The molecule has 0 atom stereocenters. The molecule has 3 rings (SSSR count). The van der Waals surface area contributed by atoms with E-state index >= 15 is 0 Å². The van der Waals surface area contributed by atoms with Crippen molar-refractivity contribution in [3.8, 4) is 17.2 Å². The molecule has 4 nitrogen and oxygen atoms in total. The van der Waals surface area contributed by atoms with Crippen molar-refractivity contribution in [2.45, 2.75) is 13.5 Å². The highest BCUT2D eigenvalue weighted by molar-refractivity contribution is 6.09. The largest absolute Gasteiger partial charge is 0.508 e. The Morgan fingerprint density at radius 3 is 2.34 bits per heavy atom. The van der Waals surface area contributed by atoms with Crippen molar-refractivity contribution in [2.24, 2.45) is 0 Å². The van der Waals surface area contributed by atoms with Gasteiger partial charge in [-0.3, -0.25) is 4.79 Å². The van der Waals surface area contributed by atoms with Crippen LogP contribution in [0.25, 0.3) is 12.2 Å². The number of allylic oxidation sites excluding steroid dienone is 3. The number of phenols is 1. The molecular formula is C28H26O4. The van der Waals surface area contributed by atoms with Crippen LogP contribution in [-0.4, -0.2) is 18.0 Å². The second kappa shape index (κ2) is 10.8. The number of aromatic hydroxyl groups is 1. The lowest BCUT2D eigenvalue weighted by Crippen LogP contribution is -2.05. The van der Waals surface area contributed by atoms with Crippen LogP contribution in [0.1, 0.15) is 34.0 Å². The number of rotatable bonds is 9. The van der Waals surface area contributed by atoms with E-state index in [9.17, 15) is 9.90 Å². The third-order valence-corrected chi connectivity index (χ3v) is 4.72. The van der Waals surface area contributed by atoms with E-state index in [1.165, 1.54) is 6.08 Å². The molecule has 0 saturated carbocycles. The fourth-order valence-corrected chi connectivity index (χ4v) is 3.07. The Bertz CT molecular complexity index is 1140. The smallest absolute Gasteiger partial charge is 0.189 e. The van der Waals surface area contributed by atoms with Gasteiger partial charge in [0, 0.05) is 0 Å². The minimum Gasteiger partial charge on any atom is -0.508 e. The third-order valence-electron chi connectivity index (χ3n) is 4.72. The van der Waals surface area contributed by atoms with Crippen LogP contribution in [0.5, 0.6) is 17.2 Å². The highest BCUT2D eigenvalue weighted by atomic mass is 16.5. The van der Waals surface area contributed by atoms with Gasteiger partial charge in [-0.15, -0.1) is 0 Å². The number of hydrogen-bond acceptors (Lipinski definition) is 4. The van der Waals surface area contributed by atoms with E-state index in [4.69, 9.17) is 9.47 Å². The molecule has 1 N–H and O–H groups in total. The SMILES string of the molecule is C=C(C)C=Cc1c(OC)ccc(C(=O)C=Cc2ccc(O)cc2)c1OCc1ccccc1. The zero-order valence-electron chi connectivity index (χ0n) is 18.2. The Morgan fingerprint density at radius 2 is 1.69 bits per heavy atom. The van der Waals surface area contributed by atoms with Gasteiger partial charge in [0.05, 0.1) is 18.2 Å². The number of hydrogen-bond donors (Lipinski definition) is 1. The van der Waals surface area contributed by atoms with E-state index < -0.39 is 0 Å². The molecule has 0 aromatic heterocycles. The maximum Gasteiger partial charge on any atom is 0.189 e. The monoisotopic (exact) mass is 426 g/mol. The second-order valence-electron chi connectivity index (χ2n) is 7.30. The van der Waals surface area contributed by atoms with Crippen molar-refractivity contribution in [2.75, 3.05) is 7.11 Å². The molecule has 0 bridgehead atoms. The normalized spacial score (nSPS) is 11.1. The summed E-state index contributed by atoms with van der Waals surface area (Å²) in [6.45, 7) is 6.11. The molecule has 4 heteroatoms. The lowest BCUT2D eigenvalue weighted by Gasteiger charge is -2.16. The summed E-state index contributed by atoms with van der Waals surface area (Å²) in [6.07, 6.45) is 6.90. The van der Waals surface area contributed by atoms with Crippen LogP contribution in [0.2, 0.25) is 0 Å². The van der Waals surface area contributed by atoms with Crippen LogP contribution in [-0.2, 0) is 6.61 Å². The predicted octanol–water partition coefficient (Wildman–Crippen LogP) is 6.47. The molecule has 3 aromatic carbocycles. The predicted molar refractivity (Wildman–Crippen MR) is 129 cm³/mol. The van der Waals surface area contributed by atoms with Gasteiger partial charge in [-0.1, -0.05) is 66.8 Å². The molecule has 32 heavy (non-hydrogen) atoms. The standard InChI is InChI=1S/C28H26O4/c1-20(2)9-15-25-27(31-3)18-16-24(28(25)32-19-22-7-5-4-6-8-22)26(30)17-12-21-10-13-23(29)14-11-21/h4-18,29H,1,19H2,2-3H3. The first-order valence-corrected chi connectivity index (χ1v) is 10.2. The average Bonchev–Trinajstić information content (AvgIpc) is 2.81. The van der Waals surface area contributed by atoms with Crippen LogP contribution >= 0.6 is 0 Å². The molecule has 0 heterocycles. The van der Waals surface area contributed by atoms with E-state index in [2.05, 4.69) is 6.58 Å². The molecule has 0 saturated heterocycles. The molecule has 0 radical (unpaired) electrons. The second-order valence-corrected chi connectivity index (χ2v) is 7.30. The van der Waals surface area contributed by atoms with Crippen LogP contribution < -0.4 is 9.47 Å². The van der Waals surface area contributed by atoms with Crippen molar-refractivity contribution in [3.63, 3.8) is 0 Å². The molecule has 0 fully saturated rings. The fourth-order valence-electron chi connectivity index (χ4n) is 3.07. The molecule has 162 valence electrons. The van der Waals surface area contributed by atoms with E-state index in [1.807, 2.05) is 49.4 Å². The molecule has 0 aliphatic heterocycles. The number of phenolic OH excluding ortho intramolecular Hbond substituents is 1. The van der Waals surface area contributed by atoms with E-state index in [-0.39, 0.29) is 11.5 Å². The summed E-state index contributed by atoms with van der Waals surface area (Å²) in [4.78, 5) is 13.1. The molecule has 0 aliphatic carbocycles. The Balaban J connectivity index is 2.00. The molecule has 0 spiro atoms. The summed E-state index contributed by atoms with van der Waals surface area (Å²) < 4.78 is 11.7. The van der Waals surface area contributed by atoms with Gasteiger partial charge in [-0.25, -0.2) is 0 Å². The third kappa shape index (κ3) is 5.99. The zero-order valence-corrected chi connectivity index (χ0v) is 18.2. The summed E-state index contributed by atoms with van der Waals surface area (Å²) >= 11 is 0. The minimum absolute atomic E-state index is 0.175. The zero-order chi connectivity index (χ0) is 22.9. The van der Waals surface area contributed by atoms with Crippen LogP contribution in [0.15, 0.2) is 91.0 Å². The highest BCUT2D eigenvalue weighted by Crippen LogP contribution is 2.35. The average molecular weight is 427 g/mol. The molecule has 0 aliphatic rings. The summed E-state index contributed by atoms with van der Waals surface area (Å²) in [5.41, 5.74) is 3.76.